The van der Waals surface area contributed by atoms with Crippen LogP contribution in [0.15, 0.2) is 60.7 Å². The number of benzene rings is 2. The number of halogens is 1. The first-order valence-corrected chi connectivity index (χ1v) is 6.46. The van der Waals surface area contributed by atoms with Crippen LogP contribution >= 0.6 is 11.6 Å². The van der Waals surface area contributed by atoms with Crippen molar-refractivity contribution in [1.82, 2.24) is 0 Å². The molecule has 0 fully saturated rings. The number of rotatable bonds is 5. The molecule has 0 aliphatic heterocycles. The number of alkyl halides is 1. The number of hydrogen-bond acceptors (Lipinski definition) is 1. The minimum absolute atomic E-state index is 0.0757. The maximum atomic E-state index is 12.0. The summed E-state index contributed by atoms with van der Waals surface area (Å²) in [5.41, 5.74) is 2.04. The highest BCUT2D eigenvalue weighted by atomic mass is 35.5. The molecule has 0 aromatic heterocycles. The van der Waals surface area contributed by atoms with Gasteiger partial charge in [-0.3, -0.25) is 4.79 Å². The second-order valence-electron chi connectivity index (χ2n) is 4.23. The van der Waals surface area contributed by atoms with Crippen molar-refractivity contribution in [2.45, 2.75) is 18.2 Å². The maximum Gasteiger partial charge on any atom is 0.155 e. The van der Waals surface area contributed by atoms with Gasteiger partial charge in [0.15, 0.2) is 5.78 Å². The van der Waals surface area contributed by atoms with E-state index in [4.69, 9.17) is 11.6 Å². The summed E-state index contributed by atoms with van der Waals surface area (Å²) in [5, 5.41) is -0.532. The van der Waals surface area contributed by atoms with E-state index in [2.05, 4.69) is 0 Å². The summed E-state index contributed by atoms with van der Waals surface area (Å²) >= 11 is 6.17. The quantitative estimate of drug-likeness (QED) is 0.736. The maximum absolute atomic E-state index is 12.0. The first-order valence-electron chi connectivity index (χ1n) is 6.03. The second-order valence-corrected chi connectivity index (χ2v) is 4.66. The van der Waals surface area contributed by atoms with E-state index in [1.807, 2.05) is 60.7 Å². The van der Waals surface area contributed by atoms with Crippen molar-refractivity contribution < 1.29 is 4.79 Å². The molecule has 2 aromatic carbocycles. The molecule has 0 saturated carbocycles. The molecule has 0 spiro atoms. The van der Waals surface area contributed by atoms with E-state index in [-0.39, 0.29) is 5.78 Å². The number of Topliss-reactive ketones (excluding diaryl/α,β-unsaturated/α-hetero) is 1. The van der Waals surface area contributed by atoms with Gasteiger partial charge in [-0.25, -0.2) is 0 Å². The highest BCUT2D eigenvalue weighted by molar-refractivity contribution is 6.31. The van der Waals surface area contributed by atoms with E-state index in [9.17, 15) is 4.79 Å². The van der Waals surface area contributed by atoms with Crippen molar-refractivity contribution in [3.63, 3.8) is 0 Å². The van der Waals surface area contributed by atoms with Crippen LogP contribution < -0.4 is 0 Å². The largest absolute Gasteiger partial charge is 0.298 e. The summed E-state index contributed by atoms with van der Waals surface area (Å²) < 4.78 is 0. The van der Waals surface area contributed by atoms with E-state index in [0.29, 0.717) is 6.42 Å². The minimum Gasteiger partial charge on any atom is -0.298 e. The van der Waals surface area contributed by atoms with Gasteiger partial charge in [-0.1, -0.05) is 60.7 Å². The van der Waals surface area contributed by atoms with Crippen molar-refractivity contribution >= 4 is 17.4 Å². The van der Waals surface area contributed by atoms with Crippen LogP contribution in [0.5, 0.6) is 0 Å². The van der Waals surface area contributed by atoms with Crippen LogP contribution in [0.25, 0.3) is 0 Å². The van der Waals surface area contributed by atoms with Gasteiger partial charge in [0.25, 0.3) is 0 Å². The van der Waals surface area contributed by atoms with Crippen molar-refractivity contribution in [2.24, 2.45) is 0 Å². The zero-order valence-electron chi connectivity index (χ0n) is 10.1. The van der Waals surface area contributed by atoms with Gasteiger partial charge in [0, 0.05) is 6.42 Å². The molecule has 0 heterocycles. The Kier molecular flexibility index (Phi) is 4.54. The highest BCUT2D eigenvalue weighted by Gasteiger charge is 2.16. The van der Waals surface area contributed by atoms with Gasteiger partial charge in [0.1, 0.15) is 5.38 Å². The Balaban J connectivity index is 1.93. The molecule has 2 aromatic rings. The van der Waals surface area contributed by atoms with Gasteiger partial charge in [0.2, 0.25) is 0 Å². The Morgan fingerprint density at radius 2 is 1.50 bits per heavy atom. The predicted molar refractivity (Wildman–Crippen MR) is 74.8 cm³/mol. The average Bonchev–Trinajstić information content (AvgIpc) is 2.46. The zero-order chi connectivity index (χ0) is 12.8. The second kappa shape index (κ2) is 6.36. The molecule has 18 heavy (non-hydrogen) atoms. The Labute approximate surface area is 112 Å². The molecule has 1 nitrogen and oxygen atoms in total. The molecule has 0 aliphatic rings. The standard InChI is InChI=1S/C16H15ClO/c17-16(14-9-5-2-6-10-14)15(18)12-11-13-7-3-1-4-8-13/h1-10,16H,11-12H2. The topological polar surface area (TPSA) is 17.1 Å². The molecule has 0 N–H and O–H groups in total. The van der Waals surface area contributed by atoms with E-state index in [1.165, 1.54) is 5.56 Å². The lowest BCUT2D eigenvalue weighted by Gasteiger charge is -2.08. The van der Waals surface area contributed by atoms with Crippen molar-refractivity contribution in [3.8, 4) is 0 Å². The van der Waals surface area contributed by atoms with Crippen LogP contribution in [0, 0.1) is 0 Å². The van der Waals surface area contributed by atoms with Crippen LogP contribution in [0.3, 0.4) is 0 Å². The molecule has 0 saturated heterocycles. The Bertz CT molecular complexity index is 493. The number of carbonyl (C=O) groups is 1. The van der Waals surface area contributed by atoms with Gasteiger partial charge in [0.05, 0.1) is 0 Å². The number of aryl methyl sites for hydroxylation is 1. The van der Waals surface area contributed by atoms with Gasteiger partial charge in [-0.2, -0.15) is 0 Å². The van der Waals surface area contributed by atoms with E-state index in [1.54, 1.807) is 0 Å². The summed E-state index contributed by atoms with van der Waals surface area (Å²) in [6, 6.07) is 19.5. The van der Waals surface area contributed by atoms with Crippen molar-refractivity contribution in [3.05, 3.63) is 71.8 Å². The smallest absolute Gasteiger partial charge is 0.155 e. The summed E-state index contributed by atoms with van der Waals surface area (Å²) in [5.74, 6) is 0.0757. The molecule has 1 unspecified atom stereocenters. The summed E-state index contributed by atoms with van der Waals surface area (Å²) in [6.45, 7) is 0. The fraction of sp³-hybridized carbons (Fsp3) is 0.188. The molecule has 2 heteroatoms. The molecule has 92 valence electrons. The van der Waals surface area contributed by atoms with E-state index in [0.717, 1.165) is 12.0 Å². The predicted octanol–water partition coefficient (Wildman–Crippen LogP) is 4.17. The molecular weight excluding hydrogens is 244 g/mol. The molecule has 2 rings (SSSR count). The summed E-state index contributed by atoms with van der Waals surface area (Å²) in [4.78, 5) is 12.0. The highest BCUT2D eigenvalue weighted by Crippen LogP contribution is 2.23. The Morgan fingerprint density at radius 3 is 2.11 bits per heavy atom. The first kappa shape index (κ1) is 12.8. The lowest BCUT2D eigenvalue weighted by atomic mass is 10.0. The third kappa shape index (κ3) is 3.44. The number of carbonyl (C=O) groups excluding carboxylic acids is 1. The number of hydrogen-bond donors (Lipinski definition) is 0. The molecule has 1 atom stereocenters. The van der Waals surface area contributed by atoms with Crippen LogP contribution in [0.1, 0.15) is 22.9 Å². The molecule has 0 aliphatic carbocycles. The monoisotopic (exact) mass is 258 g/mol. The Morgan fingerprint density at radius 1 is 0.944 bits per heavy atom. The first-order chi connectivity index (χ1) is 8.77. The molecular formula is C16H15ClO. The van der Waals surface area contributed by atoms with Crippen LogP contribution in [0.2, 0.25) is 0 Å². The number of ketones is 1. The molecule has 0 amide bonds. The minimum atomic E-state index is -0.532. The van der Waals surface area contributed by atoms with Crippen LogP contribution in [0.4, 0.5) is 0 Å². The van der Waals surface area contributed by atoms with Gasteiger partial charge in [-0.05, 0) is 17.5 Å². The van der Waals surface area contributed by atoms with E-state index >= 15 is 0 Å². The molecule has 0 bridgehead atoms. The van der Waals surface area contributed by atoms with Crippen molar-refractivity contribution in [2.75, 3.05) is 0 Å². The van der Waals surface area contributed by atoms with Gasteiger partial charge in [-0.15, -0.1) is 11.6 Å². The lowest BCUT2D eigenvalue weighted by Crippen LogP contribution is -2.08. The molecule has 0 radical (unpaired) electrons. The van der Waals surface area contributed by atoms with Gasteiger partial charge >= 0.3 is 0 Å². The fourth-order valence-corrected chi connectivity index (χ4v) is 2.10. The SMILES string of the molecule is O=C(CCc1ccccc1)C(Cl)c1ccccc1. The van der Waals surface area contributed by atoms with Gasteiger partial charge < -0.3 is 0 Å². The average molecular weight is 259 g/mol. The lowest BCUT2D eigenvalue weighted by molar-refractivity contribution is -0.118. The van der Waals surface area contributed by atoms with Crippen LogP contribution in [-0.2, 0) is 11.2 Å². The van der Waals surface area contributed by atoms with Crippen LogP contribution in [-0.4, -0.2) is 5.78 Å². The van der Waals surface area contributed by atoms with Crippen molar-refractivity contribution in [1.29, 1.82) is 0 Å². The summed E-state index contributed by atoms with van der Waals surface area (Å²) in [7, 11) is 0. The third-order valence-electron chi connectivity index (χ3n) is 2.88. The van der Waals surface area contributed by atoms with E-state index < -0.39 is 5.38 Å². The normalized spacial score (nSPS) is 12.1. The summed E-state index contributed by atoms with van der Waals surface area (Å²) in [6.07, 6.45) is 1.23. The zero-order valence-corrected chi connectivity index (χ0v) is 10.8. The Hall–Kier alpha value is -1.60. The third-order valence-corrected chi connectivity index (χ3v) is 3.37. The fourth-order valence-electron chi connectivity index (χ4n) is 1.85.